The normalized spacial score (nSPS) is 17.2. The van der Waals surface area contributed by atoms with Crippen molar-refractivity contribution < 1.29 is 14.3 Å². The molecule has 1 fully saturated rings. The van der Waals surface area contributed by atoms with E-state index >= 15 is 0 Å². The summed E-state index contributed by atoms with van der Waals surface area (Å²) in [5.41, 5.74) is 1.88. The molecule has 0 aliphatic carbocycles. The first-order chi connectivity index (χ1) is 12.5. The Hall–Kier alpha value is -2.18. The third kappa shape index (κ3) is 3.97. The lowest BCUT2D eigenvalue weighted by molar-refractivity contribution is -0.141. The standard InChI is InChI=1S/C20H21BrN2O3/c1-22(12-15-10-16(21)8-9-18(15)26-2)13-23-19(24)11-17(20(23)25)14-6-4-3-5-7-14/h3-10,17H,11-13H2,1-2H3/t17-/m1/s1. The first kappa shape index (κ1) is 18.6. The minimum absolute atomic E-state index is 0.128. The average molecular weight is 417 g/mol. The number of rotatable bonds is 6. The smallest absolute Gasteiger partial charge is 0.238 e. The van der Waals surface area contributed by atoms with Crippen molar-refractivity contribution in [3.63, 3.8) is 0 Å². The highest BCUT2D eigenvalue weighted by molar-refractivity contribution is 9.10. The Morgan fingerprint density at radius 2 is 1.92 bits per heavy atom. The van der Waals surface area contributed by atoms with E-state index < -0.39 is 0 Å². The maximum absolute atomic E-state index is 12.7. The first-order valence-corrected chi connectivity index (χ1v) is 9.19. The van der Waals surface area contributed by atoms with Gasteiger partial charge < -0.3 is 4.74 Å². The topological polar surface area (TPSA) is 49.9 Å². The van der Waals surface area contributed by atoms with E-state index in [-0.39, 0.29) is 30.8 Å². The van der Waals surface area contributed by atoms with Crippen LogP contribution in [0.2, 0.25) is 0 Å². The number of likely N-dealkylation sites (tertiary alicyclic amines) is 1. The van der Waals surface area contributed by atoms with Gasteiger partial charge in [-0.3, -0.25) is 19.4 Å². The van der Waals surface area contributed by atoms with E-state index in [4.69, 9.17) is 4.74 Å². The van der Waals surface area contributed by atoms with Crippen molar-refractivity contribution in [2.45, 2.75) is 18.9 Å². The van der Waals surface area contributed by atoms with Gasteiger partial charge in [-0.1, -0.05) is 46.3 Å². The van der Waals surface area contributed by atoms with Crippen LogP contribution < -0.4 is 4.74 Å². The Balaban J connectivity index is 1.70. The van der Waals surface area contributed by atoms with E-state index in [1.165, 1.54) is 4.90 Å². The maximum atomic E-state index is 12.7. The zero-order valence-electron chi connectivity index (χ0n) is 14.8. The van der Waals surface area contributed by atoms with E-state index in [1.54, 1.807) is 7.11 Å². The van der Waals surface area contributed by atoms with Crippen molar-refractivity contribution in [3.05, 3.63) is 64.1 Å². The molecule has 136 valence electrons. The second-order valence-corrected chi connectivity index (χ2v) is 7.35. The summed E-state index contributed by atoms with van der Waals surface area (Å²) in [6.45, 7) is 0.826. The van der Waals surface area contributed by atoms with Crippen LogP contribution in [-0.2, 0) is 16.1 Å². The molecular weight excluding hydrogens is 396 g/mol. The Labute approximate surface area is 161 Å². The minimum Gasteiger partial charge on any atom is -0.496 e. The largest absolute Gasteiger partial charge is 0.496 e. The molecule has 0 saturated carbocycles. The molecule has 0 aromatic heterocycles. The van der Waals surface area contributed by atoms with Crippen LogP contribution in [0.25, 0.3) is 0 Å². The van der Waals surface area contributed by atoms with Crippen LogP contribution in [0, 0.1) is 0 Å². The maximum Gasteiger partial charge on any atom is 0.238 e. The van der Waals surface area contributed by atoms with Gasteiger partial charge in [-0.15, -0.1) is 0 Å². The molecule has 5 nitrogen and oxygen atoms in total. The van der Waals surface area contributed by atoms with Crippen LogP contribution in [0.4, 0.5) is 0 Å². The lowest BCUT2D eigenvalue weighted by atomic mass is 9.98. The Morgan fingerprint density at radius 3 is 2.62 bits per heavy atom. The van der Waals surface area contributed by atoms with Crippen molar-refractivity contribution in [1.82, 2.24) is 9.80 Å². The number of hydrogen-bond donors (Lipinski definition) is 0. The summed E-state index contributed by atoms with van der Waals surface area (Å²) < 4.78 is 6.35. The minimum atomic E-state index is -0.377. The number of ether oxygens (including phenoxy) is 1. The summed E-state index contributed by atoms with van der Waals surface area (Å²) in [6.07, 6.45) is 0.233. The van der Waals surface area contributed by atoms with Crippen molar-refractivity contribution in [2.75, 3.05) is 20.8 Å². The van der Waals surface area contributed by atoms with Gasteiger partial charge in [-0.05, 0) is 30.8 Å². The van der Waals surface area contributed by atoms with Crippen LogP contribution in [0.1, 0.15) is 23.5 Å². The average Bonchev–Trinajstić information content (AvgIpc) is 2.91. The zero-order chi connectivity index (χ0) is 18.7. The summed E-state index contributed by atoms with van der Waals surface area (Å²) in [7, 11) is 3.52. The van der Waals surface area contributed by atoms with Gasteiger partial charge >= 0.3 is 0 Å². The highest BCUT2D eigenvalue weighted by atomic mass is 79.9. The third-order valence-electron chi connectivity index (χ3n) is 4.51. The van der Waals surface area contributed by atoms with Gasteiger partial charge in [0, 0.05) is 23.0 Å². The summed E-state index contributed by atoms with van der Waals surface area (Å²) in [4.78, 5) is 28.4. The number of carbonyl (C=O) groups excluding carboxylic acids is 2. The fourth-order valence-corrected chi connectivity index (χ4v) is 3.64. The van der Waals surface area contributed by atoms with E-state index in [2.05, 4.69) is 15.9 Å². The molecule has 1 atom stereocenters. The molecule has 2 aromatic rings. The molecule has 0 radical (unpaired) electrons. The third-order valence-corrected chi connectivity index (χ3v) is 5.00. The van der Waals surface area contributed by atoms with Gasteiger partial charge in [0.1, 0.15) is 5.75 Å². The van der Waals surface area contributed by atoms with Crippen molar-refractivity contribution in [2.24, 2.45) is 0 Å². The number of amides is 2. The molecule has 1 saturated heterocycles. The molecular formula is C20H21BrN2O3. The number of nitrogens with zero attached hydrogens (tertiary/aromatic N) is 2. The second-order valence-electron chi connectivity index (χ2n) is 6.44. The lowest BCUT2D eigenvalue weighted by Gasteiger charge is -2.24. The lowest BCUT2D eigenvalue weighted by Crippen LogP contribution is -2.39. The van der Waals surface area contributed by atoms with Crippen molar-refractivity contribution >= 4 is 27.7 Å². The quantitative estimate of drug-likeness (QED) is 0.677. The molecule has 6 heteroatoms. The fraction of sp³-hybridized carbons (Fsp3) is 0.300. The summed E-state index contributed by atoms with van der Waals surface area (Å²) in [5, 5.41) is 0. The predicted molar refractivity (Wildman–Crippen MR) is 103 cm³/mol. The van der Waals surface area contributed by atoms with Crippen LogP contribution in [0.15, 0.2) is 53.0 Å². The SMILES string of the molecule is COc1ccc(Br)cc1CN(C)CN1C(=O)C[C@H](c2ccccc2)C1=O. The summed E-state index contributed by atoms with van der Waals surface area (Å²) in [5.74, 6) is 0.143. The van der Waals surface area contributed by atoms with E-state index in [0.29, 0.717) is 6.54 Å². The zero-order valence-corrected chi connectivity index (χ0v) is 16.4. The second kappa shape index (κ2) is 8.01. The van der Waals surface area contributed by atoms with Crippen LogP contribution in [-0.4, -0.2) is 42.4 Å². The number of hydrogen-bond acceptors (Lipinski definition) is 4. The van der Waals surface area contributed by atoms with Crippen LogP contribution >= 0.6 is 15.9 Å². The molecule has 0 unspecified atom stereocenters. The number of imide groups is 1. The molecule has 0 N–H and O–H groups in total. The van der Waals surface area contributed by atoms with Crippen LogP contribution in [0.3, 0.4) is 0 Å². The predicted octanol–water partition coefficient (Wildman–Crippen LogP) is 3.39. The Kier molecular flexibility index (Phi) is 5.74. The number of halogens is 1. The Bertz CT molecular complexity index is 810. The van der Waals surface area contributed by atoms with Gasteiger partial charge in [0.15, 0.2) is 0 Å². The van der Waals surface area contributed by atoms with Gasteiger partial charge in [0.25, 0.3) is 0 Å². The van der Waals surface area contributed by atoms with Gasteiger partial charge in [-0.2, -0.15) is 0 Å². The molecule has 2 amide bonds. The van der Waals surface area contributed by atoms with Gasteiger partial charge in [-0.25, -0.2) is 0 Å². The molecule has 3 rings (SSSR count). The van der Waals surface area contributed by atoms with Crippen LogP contribution in [0.5, 0.6) is 5.75 Å². The Morgan fingerprint density at radius 1 is 1.19 bits per heavy atom. The highest BCUT2D eigenvalue weighted by Crippen LogP contribution is 2.30. The monoisotopic (exact) mass is 416 g/mol. The molecule has 0 spiro atoms. The summed E-state index contributed by atoms with van der Waals surface area (Å²) >= 11 is 3.46. The molecule has 26 heavy (non-hydrogen) atoms. The molecule has 2 aromatic carbocycles. The first-order valence-electron chi connectivity index (χ1n) is 8.39. The van der Waals surface area contributed by atoms with Gasteiger partial charge in [0.2, 0.25) is 11.8 Å². The van der Waals surface area contributed by atoms with Gasteiger partial charge in [0.05, 0.1) is 19.7 Å². The van der Waals surface area contributed by atoms with E-state index in [0.717, 1.165) is 21.3 Å². The highest BCUT2D eigenvalue weighted by Gasteiger charge is 2.39. The van der Waals surface area contributed by atoms with E-state index in [1.807, 2.05) is 60.5 Å². The molecule has 1 heterocycles. The number of methoxy groups -OCH3 is 1. The number of benzene rings is 2. The molecule has 1 aliphatic rings. The van der Waals surface area contributed by atoms with Crippen molar-refractivity contribution in [3.8, 4) is 5.75 Å². The fourth-order valence-electron chi connectivity index (χ4n) is 3.23. The molecule has 0 bridgehead atoms. The number of carbonyl (C=O) groups is 2. The molecule has 1 aliphatic heterocycles. The van der Waals surface area contributed by atoms with Crippen molar-refractivity contribution in [1.29, 1.82) is 0 Å². The van der Waals surface area contributed by atoms with E-state index in [9.17, 15) is 9.59 Å². The summed E-state index contributed by atoms with van der Waals surface area (Å²) in [6, 6.07) is 15.3.